The van der Waals surface area contributed by atoms with Crippen LogP contribution in [-0.2, 0) is 19.1 Å². The molecule has 0 heterocycles. The lowest BCUT2D eigenvalue weighted by Crippen LogP contribution is -2.46. The number of ether oxygens (including phenoxy) is 2. The predicted octanol–water partition coefficient (Wildman–Crippen LogP) is 4.89. The zero-order chi connectivity index (χ0) is 22.6. The molecule has 0 radical (unpaired) electrons. The van der Waals surface area contributed by atoms with Gasteiger partial charge in [0.2, 0.25) is 0 Å². The lowest BCUT2D eigenvalue weighted by atomic mass is 9.87. The fourth-order valence-corrected chi connectivity index (χ4v) is 5.62. The molecule has 4 bridgehead atoms. The van der Waals surface area contributed by atoms with Crippen molar-refractivity contribution < 1.29 is 45.4 Å². The van der Waals surface area contributed by atoms with Gasteiger partial charge in [0.1, 0.15) is 6.10 Å². The van der Waals surface area contributed by atoms with E-state index in [1.165, 1.54) is 12.2 Å². The van der Waals surface area contributed by atoms with Crippen LogP contribution in [0.2, 0.25) is 0 Å². The number of halogens is 6. The molecular weight excluding hydrogens is 430 g/mol. The SMILES string of the molecule is O=C(/C=C/C1=CC2CC(C(=O)OC(C(F)(F)F)C(F)(F)F)C1C2)OC1CC2CCC1C2. The standard InChI is InChI=1S/C21H22F6O4/c22-20(23,24)19(21(25,26)27)31-18(29)15-8-11-6-12(14(15)7-11)3-4-17(28)30-16-9-10-1-2-13(16)5-10/h3-4,6,10-11,13-16,19H,1-2,5,7-9H2/b4-3+. The summed E-state index contributed by atoms with van der Waals surface area (Å²) in [7, 11) is 0. The molecular formula is C21H22F6O4. The van der Waals surface area contributed by atoms with Crippen molar-refractivity contribution in [1.29, 1.82) is 0 Å². The Morgan fingerprint density at radius 1 is 1.00 bits per heavy atom. The predicted molar refractivity (Wildman–Crippen MR) is 94.2 cm³/mol. The Morgan fingerprint density at radius 3 is 2.26 bits per heavy atom. The fraction of sp³-hybridized carbons (Fsp3) is 0.714. The Kier molecular flexibility index (Phi) is 5.62. The van der Waals surface area contributed by atoms with Crippen LogP contribution in [0.3, 0.4) is 0 Å². The molecule has 3 saturated carbocycles. The molecule has 31 heavy (non-hydrogen) atoms. The Morgan fingerprint density at radius 2 is 1.71 bits per heavy atom. The number of esters is 2. The van der Waals surface area contributed by atoms with Gasteiger partial charge in [-0.25, -0.2) is 4.79 Å². The van der Waals surface area contributed by atoms with Crippen molar-refractivity contribution >= 4 is 11.9 Å². The van der Waals surface area contributed by atoms with Gasteiger partial charge in [-0.1, -0.05) is 12.2 Å². The molecule has 0 saturated heterocycles. The molecule has 0 spiro atoms. The van der Waals surface area contributed by atoms with Gasteiger partial charge in [0.25, 0.3) is 6.10 Å². The smallest absolute Gasteiger partial charge is 0.434 e. The fourth-order valence-electron chi connectivity index (χ4n) is 5.62. The van der Waals surface area contributed by atoms with E-state index in [9.17, 15) is 35.9 Å². The Labute approximate surface area is 174 Å². The van der Waals surface area contributed by atoms with Crippen LogP contribution in [0.1, 0.15) is 38.5 Å². The molecule has 10 heteroatoms. The van der Waals surface area contributed by atoms with Crippen LogP contribution >= 0.6 is 0 Å². The minimum absolute atomic E-state index is 0.102. The van der Waals surface area contributed by atoms with Crippen molar-refractivity contribution in [2.24, 2.45) is 29.6 Å². The zero-order valence-electron chi connectivity index (χ0n) is 16.4. The molecule has 172 valence electrons. The van der Waals surface area contributed by atoms with Crippen molar-refractivity contribution in [2.45, 2.75) is 63.1 Å². The largest absolute Gasteiger partial charge is 0.459 e. The Bertz CT molecular complexity index is 785. The van der Waals surface area contributed by atoms with Gasteiger partial charge < -0.3 is 9.47 Å². The summed E-state index contributed by atoms with van der Waals surface area (Å²) >= 11 is 0. The van der Waals surface area contributed by atoms with E-state index in [0.29, 0.717) is 23.8 Å². The van der Waals surface area contributed by atoms with Crippen LogP contribution in [0.15, 0.2) is 23.8 Å². The molecule has 0 aromatic rings. The van der Waals surface area contributed by atoms with Crippen LogP contribution in [0.25, 0.3) is 0 Å². The number of carbonyl (C=O) groups is 2. The number of carbonyl (C=O) groups excluding carboxylic acids is 2. The van der Waals surface area contributed by atoms with Crippen LogP contribution in [0, 0.1) is 29.6 Å². The van der Waals surface area contributed by atoms with Crippen LogP contribution < -0.4 is 0 Å². The average Bonchev–Trinajstić information content (AvgIpc) is 3.42. The van der Waals surface area contributed by atoms with E-state index >= 15 is 0 Å². The second-order valence-corrected chi connectivity index (χ2v) is 8.99. The third-order valence-electron chi connectivity index (χ3n) is 6.94. The van der Waals surface area contributed by atoms with E-state index in [0.717, 1.165) is 25.7 Å². The quantitative estimate of drug-likeness (QED) is 0.339. The maximum Gasteiger partial charge on any atom is 0.434 e. The first-order chi connectivity index (χ1) is 14.4. The molecule has 4 nitrogen and oxygen atoms in total. The number of hydrogen-bond acceptors (Lipinski definition) is 4. The van der Waals surface area contributed by atoms with Gasteiger partial charge in [-0.3, -0.25) is 4.79 Å². The van der Waals surface area contributed by atoms with Gasteiger partial charge in [-0.05, 0) is 67.8 Å². The third kappa shape index (κ3) is 4.62. The van der Waals surface area contributed by atoms with E-state index in [1.807, 2.05) is 0 Å². The normalized spacial score (nSPS) is 34.6. The number of hydrogen-bond donors (Lipinski definition) is 0. The molecule has 6 unspecified atom stereocenters. The van der Waals surface area contributed by atoms with E-state index in [-0.39, 0.29) is 18.4 Å². The zero-order valence-corrected chi connectivity index (χ0v) is 16.4. The first-order valence-corrected chi connectivity index (χ1v) is 10.4. The Hall–Kier alpha value is -2.00. The number of allylic oxidation sites excluding steroid dienone is 3. The summed E-state index contributed by atoms with van der Waals surface area (Å²) in [4.78, 5) is 24.3. The van der Waals surface area contributed by atoms with Crippen LogP contribution in [-0.4, -0.2) is 36.5 Å². The highest BCUT2D eigenvalue weighted by molar-refractivity contribution is 5.83. The van der Waals surface area contributed by atoms with E-state index in [2.05, 4.69) is 4.74 Å². The summed E-state index contributed by atoms with van der Waals surface area (Å²) in [6.07, 6.45) is -6.61. The van der Waals surface area contributed by atoms with Gasteiger partial charge in [0, 0.05) is 6.08 Å². The van der Waals surface area contributed by atoms with Gasteiger partial charge in [-0.15, -0.1) is 0 Å². The van der Waals surface area contributed by atoms with Gasteiger partial charge >= 0.3 is 24.3 Å². The van der Waals surface area contributed by atoms with Crippen LogP contribution in [0.4, 0.5) is 26.3 Å². The highest BCUT2D eigenvalue weighted by Crippen LogP contribution is 2.50. The maximum atomic E-state index is 12.7. The van der Waals surface area contributed by atoms with Crippen molar-refractivity contribution in [3.05, 3.63) is 23.8 Å². The first-order valence-electron chi connectivity index (χ1n) is 10.4. The summed E-state index contributed by atoms with van der Waals surface area (Å²) < 4.78 is 85.5. The summed E-state index contributed by atoms with van der Waals surface area (Å²) in [5.41, 5.74) is 0.540. The second-order valence-electron chi connectivity index (χ2n) is 8.99. The van der Waals surface area contributed by atoms with E-state index in [4.69, 9.17) is 4.74 Å². The molecule has 0 aromatic carbocycles. The van der Waals surface area contributed by atoms with Crippen molar-refractivity contribution in [2.75, 3.05) is 0 Å². The molecule has 3 fully saturated rings. The van der Waals surface area contributed by atoms with E-state index in [1.54, 1.807) is 6.08 Å². The summed E-state index contributed by atoms with van der Waals surface area (Å²) in [5, 5.41) is 0. The molecule has 0 aliphatic heterocycles. The van der Waals surface area contributed by atoms with Crippen molar-refractivity contribution in [1.82, 2.24) is 0 Å². The molecule has 4 aliphatic rings. The summed E-state index contributed by atoms with van der Waals surface area (Å²) in [6, 6.07) is 0. The lowest BCUT2D eigenvalue weighted by molar-refractivity contribution is -0.314. The van der Waals surface area contributed by atoms with E-state index < -0.39 is 42.2 Å². The lowest BCUT2D eigenvalue weighted by Gasteiger charge is -2.26. The second kappa shape index (κ2) is 7.85. The molecule has 0 N–H and O–H groups in total. The summed E-state index contributed by atoms with van der Waals surface area (Å²) in [5.74, 6) is -2.90. The minimum atomic E-state index is -5.74. The Balaban J connectivity index is 1.35. The van der Waals surface area contributed by atoms with Gasteiger partial charge in [0.15, 0.2) is 0 Å². The number of rotatable bonds is 5. The molecule has 4 aliphatic carbocycles. The third-order valence-corrected chi connectivity index (χ3v) is 6.94. The van der Waals surface area contributed by atoms with Crippen molar-refractivity contribution in [3.63, 3.8) is 0 Å². The molecule has 4 rings (SSSR count). The van der Waals surface area contributed by atoms with Crippen LogP contribution in [0.5, 0.6) is 0 Å². The van der Waals surface area contributed by atoms with Crippen molar-refractivity contribution in [3.8, 4) is 0 Å². The van der Waals surface area contributed by atoms with Gasteiger partial charge in [-0.2, -0.15) is 26.3 Å². The van der Waals surface area contributed by atoms with Gasteiger partial charge in [0.05, 0.1) is 5.92 Å². The molecule has 0 amide bonds. The topological polar surface area (TPSA) is 52.6 Å². The minimum Gasteiger partial charge on any atom is -0.459 e. The highest BCUT2D eigenvalue weighted by atomic mass is 19.4. The maximum absolute atomic E-state index is 12.7. The summed E-state index contributed by atoms with van der Waals surface area (Å²) in [6.45, 7) is 0. The molecule has 6 atom stereocenters. The highest BCUT2D eigenvalue weighted by Gasteiger charge is 2.60. The first kappa shape index (κ1) is 22.2. The average molecular weight is 452 g/mol. The monoisotopic (exact) mass is 452 g/mol. The number of alkyl halides is 6. The molecule has 0 aromatic heterocycles. The number of fused-ring (bicyclic) bond motifs is 4.